The van der Waals surface area contributed by atoms with Gasteiger partial charge in [-0.3, -0.25) is 4.79 Å². The maximum atomic E-state index is 11.9. The van der Waals surface area contributed by atoms with Gasteiger partial charge in [-0.2, -0.15) is 5.10 Å². The highest BCUT2D eigenvalue weighted by Gasteiger charge is 2.05. The minimum atomic E-state index is -0.390. The van der Waals surface area contributed by atoms with Gasteiger partial charge in [0.1, 0.15) is 18.1 Å². The lowest BCUT2D eigenvalue weighted by molar-refractivity contribution is -0.123. The molecule has 0 atom stereocenters. The molecule has 1 amide bonds. The number of benzene rings is 3. The number of ether oxygens (including phenoxy) is 2. The lowest BCUT2D eigenvalue weighted by Gasteiger charge is -2.09. The van der Waals surface area contributed by atoms with Crippen molar-refractivity contribution in [2.45, 2.75) is 6.61 Å². The molecule has 6 heteroatoms. The van der Waals surface area contributed by atoms with E-state index in [0.29, 0.717) is 23.1 Å². The number of carbonyl (C=O) groups is 1. The van der Waals surface area contributed by atoms with Crippen molar-refractivity contribution < 1.29 is 14.3 Å². The predicted molar refractivity (Wildman–Crippen MR) is 110 cm³/mol. The maximum Gasteiger partial charge on any atom is 0.277 e. The van der Waals surface area contributed by atoms with E-state index in [0.717, 1.165) is 11.1 Å². The van der Waals surface area contributed by atoms with Crippen LogP contribution in [0.25, 0.3) is 0 Å². The highest BCUT2D eigenvalue weighted by atomic mass is 35.5. The number of para-hydroxylation sites is 2. The molecule has 0 aromatic heterocycles. The fourth-order valence-corrected chi connectivity index (χ4v) is 2.56. The molecule has 0 bridgehead atoms. The molecule has 3 aromatic rings. The molecule has 3 rings (SSSR count). The molecule has 0 aliphatic carbocycles. The van der Waals surface area contributed by atoms with Crippen molar-refractivity contribution in [3.63, 3.8) is 0 Å². The highest BCUT2D eigenvalue weighted by Crippen LogP contribution is 2.22. The Kier molecular flexibility index (Phi) is 7.04. The maximum absolute atomic E-state index is 11.9. The van der Waals surface area contributed by atoms with Gasteiger partial charge in [-0.05, 0) is 29.8 Å². The number of rotatable bonds is 8. The SMILES string of the molecule is O=C(COc1ccccc1Cl)N/N=C\c1ccccc1OCc1ccccc1. The van der Waals surface area contributed by atoms with Gasteiger partial charge in [0.25, 0.3) is 5.91 Å². The van der Waals surface area contributed by atoms with E-state index < -0.39 is 0 Å². The molecule has 28 heavy (non-hydrogen) atoms. The Morgan fingerprint density at radius 3 is 2.36 bits per heavy atom. The van der Waals surface area contributed by atoms with E-state index >= 15 is 0 Å². The summed E-state index contributed by atoms with van der Waals surface area (Å²) < 4.78 is 11.2. The van der Waals surface area contributed by atoms with Crippen LogP contribution in [0.4, 0.5) is 0 Å². The van der Waals surface area contributed by atoms with E-state index in [-0.39, 0.29) is 12.5 Å². The molecule has 0 saturated carbocycles. The van der Waals surface area contributed by atoms with Gasteiger partial charge in [0, 0.05) is 5.56 Å². The van der Waals surface area contributed by atoms with Crippen molar-refractivity contribution in [2.24, 2.45) is 5.10 Å². The summed E-state index contributed by atoms with van der Waals surface area (Å²) in [6.07, 6.45) is 1.54. The molecule has 5 nitrogen and oxygen atoms in total. The number of carbonyl (C=O) groups excluding carboxylic acids is 1. The number of nitrogens with zero attached hydrogens (tertiary/aromatic N) is 1. The Bertz CT molecular complexity index is 945. The van der Waals surface area contributed by atoms with Gasteiger partial charge >= 0.3 is 0 Å². The molecule has 0 heterocycles. The number of halogens is 1. The molecule has 0 fully saturated rings. The summed E-state index contributed by atoms with van der Waals surface area (Å²) in [7, 11) is 0. The normalized spacial score (nSPS) is 10.6. The van der Waals surface area contributed by atoms with Crippen molar-refractivity contribution in [1.82, 2.24) is 5.43 Å². The average molecular weight is 395 g/mol. The van der Waals surface area contributed by atoms with Gasteiger partial charge in [-0.1, -0.05) is 66.2 Å². The second-order valence-electron chi connectivity index (χ2n) is 5.82. The zero-order chi connectivity index (χ0) is 19.6. The molecular formula is C22H19ClN2O3. The largest absolute Gasteiger partial charge is 0.488 e. The van der Waals surface area contributed by atoms with Crippen molar-refractivity contribution in [2.75, 3.05) is 6.61 Å². The quantitative estimate of drug-likeness (QED) is 0.453. The lowest BCUT2D eigenvalue weighted by atomic mass is 10.2. The Labute approximate surface area is 168 Å². The molecular weight excluding hydrogens is 376 g/mol. The van der Waals surface area contributed by atoms with Gasteiger partial charge in [0.15, 0.2) is 6.61 Å². The van der Waals surface area contributed by atoms with Crippen molar-refractivity contribution in [3.05, 3.63) is 95.0 Å². The summed E-state index contributed by atoms with van der Waals surface area (Å²) in [5.74, 6) is 0.735. The van der Waals surface area contributed by atoms with E-state index in [1.54, 1.807) is 24.3 Å². The van der Waals surface area contributed by atoms with Crippen LogP contribution in [0.5, 0.6) is 11.5 Å². The van der Waals surface area contributed by atoms with Gasteiger partial charge in [0.2, 0.25) is 0 Å². The summed E-state index contributed by atoms with van der Waals surface area (Å²) in [6, 6.07) is 24.3. The van der Waals surface area contributed by atoms with E-state index in [4.69, 9.17) is 21.1 Å². The lowest BCUT2D eigenvalue weighted by Crippen LogP contribution is -2.24. The standard InChI is InChI=1S/C22H19ClN2O3/c23-19-11-5-7-13-21(19)28-16-22(26)25-24-14-18-10-4-6-12-20(18)27-15-17-8-2-1-3-9-17/h1-14H,15-16H2,(H,25,26)/b24-14-. The van der Waals surface area contributed by atoms with Gasteiger partial charge in [-0.15, -0.1) is 0 Å². The number of hydrazone groups is 1. The summed E-state index contributed by atoms with van der Waals surface area (Å²) in [4.78, 5) is 11.9. The van der Waals surface area contributed by atoms with Crippen molar-refractivity contribution in [1.29, 1.82) is 0 Å². The third kappa shape index (κ3) is 5.86. The summed E-state index contributed by atoms with van der Waals surface area (Å²) in [5.41, 5.74) is 4.25. The molecule has 142 valence electrons. The molecule has 0 aliphatic heterocycles. The van der Waals surface area contributed by atoms with E-state index in [2.05, 4.69) is 10.5 Å². The van der Waals surface area contributed by atoms with Crippen LogP contribution in [-0.2, 0) is 11.4 Å². The van der Waals surface area contributed by atoms with Crippen LogP contribution in [0, 0.1) is 0 Å². The topological polar surface area (TPSA) is 59.9 Å². The Hall–Kier alpha value is -3.31. The number of amides is 1. The number of hydrogen-bond donors (Lipinski definition) is 1. The third-order valence-corrected chi connectivity index (χ3v) is 4.06. The zero-order valence-corrected chi connectivity index (χ0v) is 15.8. The minimum Gasteiger partial charge on any atom is -0.488 e. The van der Waals surface area contributed by atoms with Gasteiger partial charge in [-0.25, -0.2) is 5.43 Å². The van der Waals surface area contributed by atoms with E-state index in [1.807, 2.05) is 54.6 Å². The molecule has 0 saturated heterocycles. The zero-order valence-electron chi connectivity index (χ0n) is 15.0. The van der Waals surface area contributed by atoms with Crippen LogP contribution in [0.3, 0.4) is 0 Å². The Balaban J connectivity index is 1.52. The summed E-state index contributed by atoms with van der Waals surface area (Å²) in [6.45, 7) is 0.261. The summed E-state index contributed by atoms with van der Waals surface area (Å²) in [5, 5.41) is 4.42. The second-order valence-corrected chi connectivity index (χ2v) is 6.23. The molecule has 0 radical (unpaired) electrons. The Morgan fingerprint density at radius 1 is 0.893 bits per heavy atom. The first-order valence-electron chi connectivity index (χ1n) is 8.67. The molecule has 0 spiro atoms. The molecule has 1 N–H and O–H groups in total. The first-order chi connectivity index (χ1) is 13.7. The van der Waals surface area contributed by atoms with Crippen LogP contribution in [0.15, 0.2) is 84.0 Å². The third-order valence-electron chi connectivity index (χ3n) is 3.74. The van der Waals surface area contributed by atoms with E-state index in [1.165, 1.54) is 6.21 Å². The first-order valence-corrected chi connectivity index (χ1v) is 9.05. The first kappa shape index (κ1) is 19.5. The van der Waals surface area contributed by atoms with Crippen LogP contribution in [0.2, 0.25) is 5.02 Å². The smallest absolute Gasteiger partial charge is 0.277 e. The fourth-order valence-electron chi connectivity index (χ4n) is 2.37. The van der Waals surface area contributed by atoms with Crippen LogP contribution < -0.4 is 14.9 Å². The summed E-state index contributed by atoms with van der Waals surface area (Å²) >= 11 is 5.98. The second kappa shape index (κ2) is 10.1. The molecule has 0 aliphatic rings. The highest BCUT2D eigenvalue weighted by molar-refractivity contribution is 6.32. The predicted octanol–water partition coefficient (Wildman–Crippen LogP) is 4.45. The fraction of sp³-hybridized carbons (Fsp3) is 0.0909. The monoisotopic (exact) mass is 394 g/mol. The number of hydrogen-bond acceptors (Lipinski definition) is 4. The van der Waals surface area contributed by atoms with Crippen molar-refractivity contribution >= 4 is 23.7 Å². The van der Waals surface area contributed by atoms with Crippen LogP contribution in [-0.4, -0.2) is 18.7 Å². The number of nitrogens with one attached hydrogen (secondary N) is 1. The minimum absolute atomic E-state index is 0.187. The Morgan fingerprint density at radius 2 is 1.57 bits per heavy atom. The van der Waals surface area contributed by atoms with Gasteiger partial charge < -0.3 is 9.47 Å². The van der Waals surface area contributed by atoms with Gasteiger partial charge in [0.05, 0.1) is 11.2 Å². The van der Waals surface area contributed by atoms with Crippen molar-refractivity contribution in [3.8, 4) is 11.5 Å². The average Bonchev–Trinajstić information content (AvgIpc) is 2.73. The van der Waals surface area contributed by atoms with E-state index in [9.17, 15) is 4.79 Å². The molecule has 0 unspecified atom stereocenters. The van der Waals surface area contributed by atoms with Crippen LogP contribution in [0.1, 0.15) is 11.1 Å². The molecule has 3 aromatic carbocycles. The van der Waals surface area contributed by atoms with Crippen LogP contribution >= 0.6 is 11.6 Å².